The van der Waals surface area contributed by atoms with Crippen molar-refractivity contribution in [3.8, 4) is 10.6 Å². The number of carbonyl (C=O) groups is 1. The van der Waals surface area contributed by atoms with Crippen LogP contribution in [0.1, 0.15) is 11.8 Å². The van der Waals surface area contributed by atoms with Gasteiger partial charge >= 0.3 is 6.03 Å². The summed E-state index contributed by atoms with van der Waals surface area (Å²) in [6.07, 6.45) is 3.40. The van der Waals surface area contributed by atoms with Crippen molar-refractivity contribution in [2.75, 3.05) is 26.0 Å². The van der Waals surface area contributed by atoms with Crippen molar-refractivity contribution in [2.45, 2.75) is 6.04 Å². The maximum Gasteiger partial charge on any atom is 0.319 e. The maximum atomic E-state index is 12.2. The third-order valence-corrected chi connectivity index (χ3v) is 4.57. The van der Waals surface area contributed by atoms with Crippen LogP contribution in [0.3, 0.4) is 0 Å². The Labute approximate surface area is 150 Å². The Bertz CT molecular complexity index is 800. The Kier molecular flexibility index (Phi) is 5.47. The highest BCUT2D eigenvalue weighted by atomic mass is 32.1. The van der Waals surface area contributed by atoms with Crippen molar-refractivity contribution in [1.29, 1.82) is 0 Å². The second-order valence-corrected chi connectivity index (χ2v) is 6.64. The number of aromatic nitrogens is 1. The zero-order valence-corrected chi connectivity index (χ0v) is 14.9. The van der Waals surface area contributed by atoms with Gasteiger partial charge in [-0.3, -0.25) is 4.90 Å². The van der Waals surface area contributed by atoms with E-state index in [0.29, 0.717) is 6.54 Å². The normalized spacial score (nSPS) is 12.1. The summed E-state index contributed by atoms with van der Waals surface area (Å²) in [5.74, 6) is 0.816. The van der Waals surface area contributed by atoms with Crippen LogP contribution in [0, 0.1) is 0 Å². The highest BCUT2D eigenvalue weighted by Gasteiger charge is 2.17. The van der Waals surface area contributed by atoms with Crippen LogP contribution in [-0.4, -0.2) is 36.6 Å². The number of furan rings is 1. The molecule has 0 fully saturated rings. The van der Waals surface area contributed by atoms with Gasteiger partial charge in [-0.25, -0.2) is 9.78 Å². The molecule has 2 heterocycles. The lowest BCUT2D eigenvalue weighted by Gasteiger charge is -2.22. The van der Waals surface area contributed by atoms with E-state index in [-0.39, 0.29) is 12.1 Å². The molecule has 0 aliphatic rings. The number of hydrogen-bond donors (Lipinski definition) is 2. The topological polar surface area (TPSA) is 70.4 Å². The van der Waals surface area contributed by atoms with E-state index < -0.39 is 0 Å². The van der Waals surface area contributed by atoms with Gasteiger partial charge in [-0.1, -0.05) is 12.1 Å². The largest absolute Gasteiger partial charge is 0.468 e. The third-order valence-electron chi connectivity index (χ3n) is 3.75. The number of amides is 2. The molecule has 0 spiro atoms. The molecule has 130 valence electrons. The fourth-order valence-corrected chi connectivity index (χ4v) is 3.11. The molecule has 7 heteroatoms. The molecule has 0 radical (unpaired) electrons. The minimum Gasteiger partial charge on any atom is -0.468 e. The van der Waals surface area contributed by atoms with Crippen LogP contribution in [0.5, 0.6) is 0 Å². The van der Waals surface area contributed by atoms with Crippen LogP contribution >= 0.6 is 11.3 Å². The first kappa shape index (κ1) is 17.2. The summed E-state index contributed by atoms with van der Waals surface area (Å²) in [6, 6.07) is 11.1. The van der Waals surface area contributed by atoms with E-state index in [2.05, 4.69) is 15.6 Å². The first-order valence-electron chi connectivity index (χ1n) is 7.88. The third kappa shape index (κ3) is 4.46. The van der Waals surface area contributed by atoms with Crippen molar-refractivity contribution in [1.82, 2.24) is 15.2 Å². The summed E-state index contributed by atoms with van der Waals surface area (Å²) in [6.45, 7) is 0.443. The molecule has 6 nitrogen and oxygen atoms in total. The van der Waals surface area contributed by atoms with Crippen molar-refractivity contribution in [3.05, 3.63) is 60.0 Å². The summed E-state index contributed by atoms with van der Waals surface area (Å²) in [5, 5.41) is 8.61. The average Bonchev–Trinajstić information content (AvgIpc) is 3.29. The first-order valence-corrected chi connectivity index (χ1v) is 8.76. The molecular weight excluding hydrogens is 336 g/mol. The molecule has 2 aromatic heterocycles. The van der Waals surface area contributed by atoms with Gasteiger partial charge < -0.3 is 15.1 Å². The molecule has 3 aromatic rings. The predicted octanol–water partition coefficient (Wildman–Crippen LogP) is 3.83. The quantitative estimate of drug-likeness (QED) is 0.704. The Morgan fingerprint density at radius 2 is 2.20 bits per heavy atom. The second-order valence-electron chi connectivity index (χ2n) is 5.75. The van der Waals surface area contributed by atoms with E-state index in [1.807, 2.05) is 60.8 Å². The number of rotatable bonds is 6. The summed E-state index contributed by atoms with van der Waals surface area (Å²) in [7, 11) is 3.90. The Morgan fingerprint density at radius 1 is 1.32 bits per heavy atom. The van der Waals surface area contributed by atoms with E-state index in [0.717, 1.165) is 22.0 Å². The Hall–Kier alpha value is -2.64. The van der Waals surface area contributed by atoms with E-state index in [4.69, 9.17) is 4.42 Å². The lowest BCUT2D eigenvalue weighted by atomic mass is 10.2. The number of hydrogen-bond acceptors (Lipinski definition) is 5. The summed E-state index contributed by atoms with van der Waals surface area (Å²) >= 11 is 1.56. The van der Waals surface area contributed by atoms with Gasteiger partial charge in [0.25, 0.3) is 0 Å². The lowest BCUT2D eigenvalue weighted by molar-refractivity contribution is 0.233. The van der Waals surface area contributed by atoms with Gasteiger partial charge in [-0.05, 0) is 38.4 Å². The number of thiazole rings is 1. The van der Waals surface area contributed by atoms with Crippen molar-refractivity contribution in [2.24, 2.45) is 0 Å². The molecule has 3 rings (SSSR count). The maximum absolute atomic E-state index is 12.2. The van der Waals surface area contributed by atoms with Crippen molar-refractivity contribution < 1.29 is 9.21 Å². The van der Waals surface area contributed by atoms with E-state index >= 15 is 0 Å². The van der Waals surface area contributed by atoms with Crippen LogP contribution < -0.4 is 10.6 Å². The van der Waals surface area contributed by atoms with Gasteiger partial charge in [0, 0.05) is 29.4 Å². The molecule has 1 unspecified atom stereocenters. The fraction of sp³-hybridized carbons (Fsp3) is 0.222. The number of nitrogens with one attached hydrogen (secondary N) is 2. The number of urea groups is 1. The molecule has 0 aliphatic carbocycles. The van der Waals surface area contributed by atoms with Crippen LogP contribution in [0.25, 0.3) is 10.6 Å². The zero-order valence-electron chi connectivity index (χ0n) is 14.1. The number of likely N-dealkylation sites (N-methyl/N-ethyl adjacent to an activating group) is 1. The fourth-order valence-electron chi connectivity index (χ4n) is 2.48. The van der Waals surface area contributed by atoms with E-state index in [9.17, 15) is 4.79 Å². The average molecular weight is 356 g/mol. The molecule has 1 aromatic carbocycles. The number of benzene rings is 1. The Morgan fingerprint density at radius 3 is 2.88 bits per heavy atom. The standard InChI is InChI=1S/C18H20N4O2S/c1-22(2)15(16-7-4-9-24-16)12-20-18(23)21-14-6-3-5-13(11-14)17-19-8-10-25-17/h3-11,15H,12H2,1-2H3,(H2,20,21,23). The van der Waals surface area contributed by atoms with E-state index in [1.165, 1.54) is 0 Å². The molecule has 1 atom stereocenters. The first-order chi connectivity index (χ1) is 12.1. The highest BCUT2D eigenvalue weighted by molar-refractivity contribution is 7.13. The monoisotopic (exact) mass is 356 g/mol. The van der Waals surface area contributed by atoms with Crippen molar-refractivity contribution >= 4 is 23.1 Å². The highest BCUT2D eigenvalue weighted by Crippen LogP contribution is 2.24. The summed E-state index contributed by atoms with van der Waals surface area (Å²) < 4.78 is 5.45. The minimum atomic E-state index is -0.255. The lowest BCUT2D eigenvalue weighted by Crippen LogP contribution is -2.36. The molecule has 2 amide bonds. The van der Waals surface area contributed by atoms with Crippen LogP contribution in [0.2, 0.25) is 0 Å². The van der Waals surface area contributed by atoms with Gasteiger partial charge in [0.1, 0.15) is 10.8 Å². The van der Waals surface area contributed by atoms with Crippen LogP contribution in [-0.2, 0) is 0 Å². The predicted molar refractivity (Wildman–Crippen MR) is 99.7 cm³/mol. The Balaban J connectivity index is 1.60. The smallest absolute Gasteiger partial charge is 0.319 e. The summed E-state index contributed by atoms with van der Waals surface area (Å²) in [4.78, 5) is 18.5. The zero-order chi connectivity index (χ0) is 17.6. The summed E-state index contributed by atoms with van der Waals surface area (Å²) in [5.41, 5.74) is 1.71. The number of anilines is 1. The van der Waals surface area contributed by atoms with Crippen molar-refractivity contribution in [3.63, 3.8) is 0 Å². The second kappa shape index (κ2) is 7.96. The van der Waals surface area contributed by atoms with E-state index in [1.54, 1.807) is 23.8 Å². The van der Waals surface area contributed by atoms with Crippen LogP contribution in [0.4, 0.5) is 10.5 Å². The van der Waals surface area contributed by atoms with Gasteiger partial charge in [-0.15, -0.1) is 11.3 Å². The van der Waals surface area contributed by atoms with Gasteiger partial charge in [-0.2, -0.15) is 0 Å². The molecule has 25 heavy (non-hydrogen) atoms. The molecule has 0 saturated heterocycles. The van der Waals surface area contributed by atoms with Crippen LogP contribution in [0.15, 0.2) is 58.7 Å². The molecule has 2 N–H and O–H groups in total. The number of carbonyl (C=O) groups excluding carboxylic acids is 1. The van der Waals surface area contributed by atoms with Gasteiger partial charge in [0.05, 0.1) is 12.3 Å². The molecule has 0 saturated carbocycles. The molecular formula is C18H20N4O2S. The van der Waals surface area contributed by atoms with Gasteiger partial charge in [0.2, 0.25) is 0 Å². The molecule has 0 bridgehead atoms. The number of nitrogens with zero attached hydrogens (tertiary/aromatic N) is 2. The van der Waals surface area contributed by atoms with Gasteiger partial charge in [0.15, 0.2) is 0 Å². The SMILES string of the molecule is CN(C)C(CNC(=O)Nc1cccc(-c2nccs2)c1)c1ccco1. The molecule has 0 aliphatic heterocycles. The minimum absolute atomic E-state index is 0.0256.